The van der Waals surface area contributed by atoms with Crippen LogP contribution >= 0.6 is 0 Å². The van der Waals surface area contributed by atoms with Crippen LogP contribution < -0.4 is 16.0 Å². The normalized spacial score (nSPS) is 12.5. The van der Waals surface area contributed by atoms with Crippen LogP contribution in [0.2, 0.25) is 0 Å². The van der Waals surface area contributed by atoms with Crippen LogP contribution in [0.15, 0.2) is 0 Å². The third-order valence-electron chi connectivity index (χ3n) is 6.44. The zero-order valence-corrected chi connectivity index (χ0v) is 26.4. The van der Waals surface area contributed by atoms with Crippen molar-refractivity contribution >= 4 is 26.6 Å². The number of anilines is 3. The molecule has 0 aliphatic rings. The molecule has 1 heterocycles. The summed E-state index contributed by atoms with van der Waals surface area (Å²) in [5, 5.41) is 10.3. The van der Waals surface area contributed by atoms with Gasteiger partial charge in [-0.05, 0) is 40.0 Å². The van der Waals surface area contributed by atoms with Crippen LogP contribution in [-0.2, 0) is 13.3 Å². The van der Waals surface area contributed by atoms with Gasteiger partial charge in [0.25, 0.3) is 0 Å². The quantitative estimate of drug-likeness (QED) is 0.0810. The third-order valence-corrected chi connectivity index (χ3v) is 9.92. The number of nitrogens with zero attached hydrogens (tertiary/aromatic N) is 3. The SMILES string of the molecule is CCCCCCCCNc1nc(NCCCCCCCC)nc(NC(CC)[Si](OCC)(OCC)OCC)n1. The largest absolute Gasteiger partial charge is 0.524 e. The van der Waals surface area contributed by atoms with Gasteiger partial charge in [0.05, 0.1) is 5.67 Å². The lowest BCUT2D eigenvalue weighted by Crippen LogP contribution is -2.59. The Bertz CT molecular complexity index is 647. The molecule has 0 saturated carbocycles. The Morgan fingerprint density at radius 3 is 1.34 bits per heavy atom. The summed E-state index contributed by atoms with van der Waals surface area (Å²) in [4.78, 5) is 14.1. The van der Waals surface area contributed by atoms with E-state index in [1.54, 1.807) is 0 Å². The first-order chi connectivity index (χ1) is 18.6. The summed E-state index contributed by atoms with van der Waals surface area (Å²) in [5.74, 6) is 1.69. The van der Waals surface area contributed by atoms with Gasteiger partial charge < -0.3 is 29.2 Å². The molecular weight excluding hydrogens is 496 g/mol. The van der Waals surface area contributed by atoms with Crippen LogP contribution in [0.4, 0.5) is 17.8 Å². The van der Waals surface area contributed by atoms with Crippen LogP contribution in [0.3, 0.4) is 0 Å². The van der Waals surface area contributed by atoms with E-state index in [2.05, 4.69) is 41.7 Å². The fraction of sp³-hybridized carbons (Fsp3) is 0.893. The lowest BCUT2D eigenvalue weighted by molar-refractivity contribution is 0.0638. The van der Waals surface area contributed by atoms with E-state index >= 15 is 0 Å². The maximum atomic E-state index is 6.17. The van der Waals surface area contributed by atoms with Gasteiger partial charge in [0, 0.05) is 32.9 Å². The van der Waals surface area contributed by atoms with Crippen molar-refractivity contribution in [3.63, 3.8) is 0 Å². The van der Waals surface area contributed by atoms with Gasteiger partial charge in [-0.2, -0.15) is 15.0 Å². The van der Waals surface area contributed by atoms with Gasteiger partial charge in [-0.3, -0.25) is 0 Å². The van der Waals surface area contributed by atoms with E-state index < -0.39 is 8.80 Å². The summed E-state index contributed by atoms with van der Waals surface area (Å²) in [6.07, 6.45) is 15.8. The Hall–Kier alpha value is -1.49. The summed E-state index contributed by atoms with van der Waals surface area (Å²) in [5.41, 5.74) is -0.164. The minimum atomic E-state index is -2.99. The molecule has 0 aliphatic carbocycles. The highest BCUT2D eigenvalue weighted by Gasteiger charge is 2.49. The smallest absolute Gasteiger partial charge is 0.373 e. The second kappa shape index (κ2) is 22.3. The van der Waals surface area contributed by atoms with Crippen molar-refractivity contribution in [2.75, 3.05) is 48.9 Å². The van der Waals surface area contributed by atoms with E-state index in [0.29, 0.717) is 37.7 Å². The lowest BCUT2D eigenvalue weighted by atomic mass is 10.1. The maximum absolute atomic E-state index is 6.17. The molecule has 1 aromatic heterocycles. The van der Waals surface area contributed by atoms with E-state index in [1.807, 2.05) is 20.8 Å². The minimum Gasteiger partial charge on any atom is -0.373 e. The van der Waals surface area contributed by atoms with Gasteiger partial charge in [-0.1, -0.05) is 85.0 Å². The Morgan fingerprint density at radius 1 is 0.553 bits per heavy atom. The predicted molar refractivity (Wildman–Crippen MR) is 162 cm³/mol. The van der Waals surface area contributed by atoms with Crippen molar-refractivity contribution in [2.24, 2.45) is 0 Å². The van der Waals surface area contributed by atoms with Crippen molar-refractivity contribution < 1.29 is 13.3 Å². The van der Waals surface area contributed by atoms with Crippen LogP contribution in [0, 0.1) is 0 Å². The molecule has 1 aromatic rings. The van der Waals surface area contributed by atoms with Gasteiger partial charge >= 0.3 is 8.80 Å². The molecule has 222 valence electrons. The zero-order chi connectivity index (χ0) is 27.9. The fourth-order valence-corrected chi connectivity index (χ4v) is 7.30. The van der Waals surface area contributed by atoms with E-state index in [-0.39, 0.29) is 5.67 Å². The third kappa shape index (κ3) is 14.1. The number of aromatic nitrogens is 3. The van der Waals surface area contributed by atoms with E-state index in [9.17, 15) is 0 Å². The number of hydrogen-bond acceptors (Lipinski definition) is 9. The molecule has 0 aliphatic heterocycles. The Morgan fingerprint density at radius 2 is 0.947 bits per heavy atom. The zero-order valence-electron chi connectivity index (χ0n) is 25.4. The topological polar surface area (TPSA) is 102 Å². The summed E-state index contributed by atoms with van der Waals surface area (Å²) in [6.45, 7) is 15.8. The molecule has 0 bridgehead atoms. The number of rotatable bonds is 26. The molecule has 0 fully saturated rings. The highest BCUT2D eigenvalue weighted by atomic mass is 28.4. The van der Waals surface area contributed by atoms with Crippen molar-refractivity contribution in [3.8, 4) is 0 Å². The van der Waals surface area contributed by atoms with Gasteiger partial charge in [0.15, 0.2) is 0 Å². The highest BCUT2D eigenvalue weighted by molar-refractivity contribution is 6.63. The number of hydrogen-bond donors (Lipinski definition) is 3. The molecule has 3 N–H and O–H groups in total. The maximum Gasteiger partial charge on any atom is 0.524 e. The Kier molecular flexibility index (Phi) is 20.3. The predicted octanol–water partition coefficient (Wildman–Crippen LogP) is 7.19. The monoisotopic (exact) mass is 554 g/mol. The molecule has 1 unspecified atom stereocenters. The summed E-state index contributed by atoms with van der Waals surface area (Å²) < 4.78 is 18.5. The Balaban J connectivity index is 2.94. The summed E-state index contributed by atoms with van der Waals surface area (Å²) in [7, 11) is -2.99. The van der Waals surface area contributed by atoms with Crippen molar-refractivity contribution in [1.82, 2.24) is 15.0 Å². The van der Waals surface area contributed by atoms with Crippen molar-refractivity contribution in [2.45, 2.75) is 131 Å². The first-order valence-electron chi connectivity index (χ1n) is 15.5. The molecular formula is C28H58N6O3Si. The van der Waals surface area contributed by atoms with Crippen LogP contribution in [0.1, 0.15) is 125 Å². The lowest BCUT2D eigenvalue weighted by Gasteiger charge is -2.35. The summed E-state index contributed by atoms with van der Waals surface area (Å²) >= 11 is 0. The van der Waals surface area contributed by atoms with Crippen molar-refractivity contribution in [3.05, 3.63) is 0 Å². The molecule has 0 spiro atoms. The van der Waals surface area contributed by atoms with Crippen LogP contribution in [0.5, 0.6) is 0 Å². The molecule has 0 aromatic carbocycles. The minimum absolute atomic E-state index is 0.164. The van der Waals surface area contributed by atoms with Crippen molar-refractivity contribution in [1.29, 1.82) is 0 Å². The molecule has 10 heteroatoms. The number of unbranched alkanes of at least 4 members (excludes halogenated alkanes) is 10. The van der Waals surface area contributed by atoms with Crippen LogP contribution in [-0.4, -0.2) is 62.3 Å². The number of nitrogens with one attached hydrogen (secondary N) is 3. The highest BCUT2D eigenvalue weighted by Crippen LogP contribution is 2.22. The van der Waals surface area contributed by atoms with E-state index in [1.165, 1.54) is 64.2 Å². The second-order valence-corrected chi connectivity index (χ2v) is 12.5. The summed E-state index contributed by atoms with van der Waals surface area (Å²) in [6, 6.07) is 0. The van der Waals surface area contributed by atoms with E-state index in [0.717, 1.165) is 32.4 Å². The average molecular weight is 555 g/mol. The standard InChI is InChI=1S/C28H58N6O3Si/c1-7-13-15-17-19-21-23-29-26-32-27(30-24-22-20-18-16-14-8-2)34-28(33-26)31-25(9-3)38(35-10-4,36-11-5)37-12-6/h25H,7-24H2,1-6H3,(H3,29,30,31,32,33,34). The average Bonchev–Trinajstić information content (AvgIpc) is 2.91. The molecule has 9 nitrogen and oxygen atoms in total. The molecule has 1 rings (SSSR count). The van der Waals surface area contributed by atoms with Gasteiger partial charge in [-0.15, -0.1) is 0 Å². The molecule has 38 heavy (non-hydrogen) atoms. The molecule has 0 amide bonds. The molecule has 0 radical (unpaired) electrons. The fourth-order valence-electron chi connectivity index (χ4n) is 4.44. The van der Waals surface area contributed by atoms with Gasteiger partial charge in [-0.25, -0.2) is 0 Å². The first kappa shape index (κ1) is 34.5. The second-order valence-electron chi connectivity index (χ2n) is 9.70. The van der Waals surface area contributed by atoms with Gasteiger partial charge in [0.2, 0.25) is 17.8 Å². The Labute approximate surface area is 234 Å². The molecule has 0 saturated heterocycles. The van der Waals surface area contributed by atoms with Gasteiger partial charge in [0.1, 0.15) is 0 Å². The van der Waals surface area contributed by atoms with E-state index in [4.69, 9.17) is 23.2 Å². The van der Waals surface area contributed by atoms with Crippen LogP contribution in [0.25, 0.3) is 0 Å². The molecule has 1 atom stereocenters. The first-order valence-corrected chi connectivity index (χ1v) is 17.3.